The van der Waals surface area contributed by atoms with Crippen LogP contribution in [0.25, 0.3) is 11.0 Å². The highest BCUT2D eigenvalue weighted by atomic mass is 16.4. The number of rotatable bonds is 5. The first-order valence-electron chi connectivity index (χ1n) is 11.3. The SMILES string of the molecule is CC(=O)O.CC(C(=O)O)c1c2n(c3ncccc13)C[C@H](N(C)C(=O)[C@H](C)c1ccccc1)CC2. The molecule has 0 fully saturated rings. The van der Waals surface area contributed by atoms with Gasteiger partial charge in [0.05, 0.1) is 11.8 Å². The average molecular weight is 466 g/mol. The van der Waals surface area contributed by atoms with Crippen molar-refractivity contribution >= 4 is 28.9 Å². The molecule has 8 heteroatoms. The molecule has 1 aliphatic heterocycles. The van der Waals surface area contributed by atoms with E-state index in [9.17, 15) is 14.7 Å². The van der Waals surface area contributed by atoms with E-state index >= 15 is 0 Å². The zero-order valence-electron chi connectivity index (χ0n) is 19.9. The summed E-state index contributed by atoms with van der Waals surface area (Å²) >= 11 is 0. The Morgan fingerprint density at radius 2 is 1.71 bits per heavy atom. The topological polar surface area (TPSA) is 113 Å². The Morgan fingerprint density at radius 3 is 2.32 bits per heavy atom. The zero-order valence-corrected chi connectivity index (χ0v) is 19.9. The standard InChI is InChI=1S/C24H27N3O3.C2H4O2/c1-15(17-8-5-4-6-9-17)23(28)26(3)18-11-12-20-21(16(2)24(29)30)19-10-7-13-25-22(19)27(20)14-18;1-2(3)4/h4-10,13,15-16,18H,11-12,14H2,1-3H3,(H,29,30);1H3,(H,3,4)/t15-,16?,18-;/m1./s1. The quantitative estimate of drug-likeness (QED) is 0.591. The summed E-state index contributed by atoms with van der Waals surface area (Å²) in [5.74, 6) is -2.37. The van der Waals surface area contributed by atoms with Crippen LogP contribution in [0.15, 0.2) is 48.7 Å². The van der Waals surface area contributed by atoms with Gasteiger partial charge in [0.15, 0.2) is 0 Å². The summed E-state index contributed by atoms with van der Waals surface area (Å²) in [7, 11) is 1.87. The number of carbonyl (C=O) groups is 3. The summed E-state index contributed by atoms with van der Waals surface area (Å²) in [6, 6.07) is 13.7. The number of carboxylic acid groups (broad SMARTS) is 2. The highest BCUT2D eigenvalue weighted by molar-refractivity contribution is 5.89. The Bertz CT molecular complexity index is 1180. The molecule has 3 atom stereocenters. The minimum absolute atomic E-state index is 0.0433. The summed E-state index contributed by atoms with van der Waals surface area (Å²) in [5, 5.41) is 17.9. The van der Waals surface area contributed by atoms with Gasteiger partial charge in [-0.25, -0.2) is 4.98 Å². The molecule has 1 aromatic carbocycles. The predicted molar refractivity (Wildman–Crippen MR) is 129 cm³/mol. The lowest BCUT2D eigenvalue weighted by Gasteiger charge is -2.34. The summed E-state index contributed by atoms with van der Waals surface area (Å²) < 4.78 is 2.12. The van der Waals surface area contributed by atoms with Gasteiger partial charge in [0, 0.05) is 43.8 Å². The minimum atomic E-state index is -0.833. The molecular weight excluding hydrogens is 434 g/mol. The van der Waals surface area contributed by atoms with Crippen LogP contribution in [0.1, 0.15) is 55.8 Å². The van der Waals surface area contributed by atoms with Crippen molar-refractivity contribution in [2.45, 2.75) is 58.0 Å². The third kappa shape index (κ3) is 5.11. The van der Waals surface area contributed by atoms with Gasteiger partial charge < -0.3 is 19.7 Å². The van der Waals surface area contributed by atoms with Crippen LogP contribution in [-0.4, -0.2) is 55.6 Å². The summed E-state index contributed by atoms with van der Waals surface area (Å²) in [5.41, 5.74) is 3.70. The van der Waals surface area contributed by atoms with E-state index in [4.69, 9.17) is 9.90 Å². The molecule has 0 saturated carbocycles. The van der Waals surface area contributed by atoms with Crippen molar-refractivity contribution in [3.8, 4) is 0 Å². The van der Waals surface area contributed by atoms with Gasteiger partial charge in [-0.1, -0.05) is 30.3 Å². The number of carbonyl (C=O) groups excluding carboxylic acids is 1. The Balaban J connectivity index is 0.000000751. The van der Waals surface area contributed by atoms with Crippen LogP contribution in [0.4, 0.5) is 0 Å². The van der Waals surface area contributed by atoms with E-state index in [1.54, 1.807) is 13.1 Å². The number of pyridine rings is 1. The number of carboxylic acids is 2. The molecule has 2 N–H and O–H groups in total. The number of amides is 1. The lowest BCUT2D eigenvalue weighted by molar-refractivity contribution is -0.138. The van der Waals surface area contributed by atoms with Crippen molar-refractivity contribution in [1.29, 1.82) is 0 Å². The molecule has 3 aromatic rings. The first-order chi connectivity index (χ1) is 16.1. The monoisotopic (exact) mass is 465 g/mol. The Labute approximate surface area is 198 Å². The van der Waals surface area contributed by atoms with Crippen molar-refractivity contribution in [1.82, 2.24) is 14.5 Å². The van der Waals surface area contributed by atoms with E-state index < -0.39 is 17.9 Å². The van der Waals surface area contributed by atoms with E-state index in [1.165, 1.54) is 0 Å². The molecule has 0 bridgehead atoms. The van der Waals surface area contributed by atoms with Crippen LogP contribution < -0.4 is 0 Å². The van der Waals surface area contributed by atoms with E-state index in [1.807, 2.05) is 61.3 Å². The average Bonchev–Trinajstić information content (AvgIpc) is 3.16. The van der Waals surface area contributed by atoms with Crippen molar-refractivity contribution in [3.05, 3.63) is 65.5 Å². The fourth-order valence-corrected chi connectivity index (χ4v) is 4.62. The number of benzene rings is 1. The number of hydrogen-bond acceptors (Lipinski definition) is 4. The molecule has 3 heterocycles. The molecule has 180 valence electrons. The molecule has 0 radical (unpaired) electrons. The fourth-order valence-electron chi connectivity index (χ4n) is 4.62. The van der Waals surface area contributed by atoms with E-state index in [0.29, 0.717) is 6.54 Å². The lowest BCUT2D eigenvalue weighted by atomic mass is 9.93. The summed E-state index contributed by atoms with van der Waals surface area (Å²) in [6.07, 6.45) is 3.27. The predicted octanol–water partition coefficient (Wildman–Crippen LogP) is 3.89. The van der Waals surface area contributed by atoms with Gasteiger partial charge in [0.25, 0.3) is 5.97 Å². The molecular formula is C26H31N3O5. The summed E-state index contributed by atoms with van der Waals surface area (Å²) in [4.78, 5) is 40.3. The zero-order chi connectivity index (χ0) is 25.0. The van der Waals surface area contributed by atoms with Crippen molar-refractivity contribution < 1.29 is 24.6 Å². The fraction of sp³-hybridized carbons (Fsp3) is 0.385. The van der Waals surface area contributed by atoms with Gasteiger partial charge in [-0.05, 0) is 49.9 Å². The van der Waals surface area contributed by atoms with Gasteiger partial charge in [0.1, 0.15) is 5.65 Å². The maximum absolute atomic E-state index is 13.1. The molecule has 4 rings (SSSR count). The summed E-state index contributed by atoms with van der Waals surface area (Å²) in [6.45, 7) is 5.38. The molecule has 34 heavy (non-hydrogen) atoms. The third-order valence-corrected chi connectivity index (χ3v) is 6.45. The first kappa shape index (κ1) is 25.0. The second-order valence-corrected chi connectivity index (χ2v) is 8.70. The molecule has 0 spiro atoms. The lowest BCUT2D eigenvalue weighted by Crippen LogP contribution is -2.44. The van der Waals surface area contributed by atoms with Gasteiger partial charge in [-0.3, -0.25) is 14.4 Å². The number of nitrogens with zero attached hydrogens (tertiary/aromatic N) is 3. The molecule has 2 aromatic heterocycles. The second-order valence-electron chi connectivity index (χ2n) is 8.70. The van der Waals surface area contributed by atoms with E-state index in [-0.39, 0.29) is 17.9 Å². The normalized spacial score (nSPS) is 16.5. The maximum Gasteiger partial charge on any atom is 0.310 e. The molecule has 1 aliphatic rings. The Hall–Kier alpha value is -3.68. The molecule has 8 nitrogen and oxygen atoms in total. The largest absolute Gasteiger partial charge is 0.481 e. The van der Waals surface area contributed by atoms with Crippen molar-refractivity contribution in [3.63, 3.8) is 0 Å². The van der Waals surface area contributed by atoms with Gasteiger partial charge in [-0.2, -0.15) is 0 Å². The van der Waals surface area contributed by atoms with Crippen molar-refractivity contribution in [2.24, 2.45) is 0 Å². The molecule has 0 aliphatic carbocycles. The van der Waals surface area contributed by atoms with Crippen LogP contribution in [0.5, 0.6) is 0 Å². The van der Waals surface area contributed by atoms with E-state index in [2.05, 4.69) is 9.55 Å². The minimum Gasteiger partial charge on any atom is -0.481 e. The second kappa shape index (κ2) is 10.5. The van der Waals surface area contributed by atoms with Gasteiger partial charge >= 0.3 is 5.97 Å². The van der Waals surface area contributed by atoms with Crippen LogP contribution in [0.2, 0.25) is 0 Å². The highest BCUT2D eigenvalue weighted by Crippen LogP contribution is 2.36. The first-order valence-corrected chi connectivity index (χ1v) is 11.3. The molecule has 1 amide bonds. The number of likely N-dealkylation sites (N-methyl/N-ethyl adjacent to an activating group) is 1. The Morgan fingerprint density at radius 1 is 1.06 bits per heavy atom. The van der Waals surface area contributed by atoms with Gasteiger partial charge in [-0.15, -0.1) is 0 Å². The van der Waals surface area contributed by atoms with Crippen molar-refractivity contribution in [2.75, 3.05) is 7.05 Å². The van der Waals surface area contributed by atoms with Gasteiger partial charge in [0.2, 0.25) is 5.91 Å². The smallest absolute Gasteiger partial charge is 0.310 e. The number of hydrogen-bond donors (Lipinski definition) is 2. The highest BCUT2D eigenvalue weighted by Gasteiger charge is 2.33. The number of fused-ring (bicyclic) bond motifs is 3. The Kier molecular flexibility index (Phi) is 7.71. The molecule has 1 unspecified atom stereocenters. The van der Waals surface area contributed by atoms with Crippen LogP contribution >= 0.6 is 0 Å². The van der Waals surface area contributed by atoms with Crippen LogP contribution in [-0.2, 0) is 27.3 Å². The maximum atomic E-state index is 13.1. The van der Waals surface area contributed by atoms with E-state index in [0.717, 1.165) is 47.6 Å². The number of aromatic nitrogens is 2. The van der Waals surface area contributed by atoms with Crippen LogP contribution in [0, 0.1) is 0 Å². The molecule has 0 saturated heterocycles. The third-order valence-electron chi connectivity index (χ3n) is 6.45. The van der Waals surface area contributed by atoms with Crippen LogP contribution in [0.3, 0.4) is 0 Å². The number of aliphatic carboxylic acids is 2.